The van der Waals surface area contributed by atoms with Crippen molar-refractivity contribution in [3.05, 3.63) is 34.9 Å². The minimum absolute atomic E-state index is 0.128. The van der Waals surface area contributed by atoms with Gasteiger partial charge in [0.05, 0.1) is 6.54 Å². The molecule has 0 aromatic heterocycles. The Morgan fingerprint density at radius 3 is 2.63 bits per heavy atom. The summed E-state index contributed by atoms with van der Waals surface area (Å²) in [7, 11) is 0. The van der Waals surface area contributed by atoms with E-state index < -0.39 is 0 Å². The van der Waals surface area contributed by atoms with Crippen molar-refractivity contribution in [2.45, 2.75) is 38.8 Å². The number of amides is 1. The average Bonchev–Trinajstić information content (AvgIpc) is 3.22. The summed E-state index contributed by atoms with van der Waals surface area (Å²) in [6, 6.07) is 8.43. The van der Waals surface area contributed by atoms with Gasteiger partial charge in [0.1, 0.15) is 0 Å². The third kappa shape index (κ3) is 4.84. The quantitative estimate of drug-likeness (QED) is 0.833. The van der Waals surface area contributed by atoms with Crippen LogP contribution in [0.25, 0.3) is 0 Å². The lowest BCUT2D eigenvalue weighted by atomic mass is 10.2. The predicted molar refractivity (Wildman–Crippen MR) is 78.2 cm³/mol. The van der Waals surface area contributed by atoms with Gasteiger partial charge >= 0.3 is 0 Å². The minimum Gasteiger partial charge on any atom is -0.355 e. The molecule has 0 spiro atoms. The lowest BCUT2D eigenvalue weighted by Gasteiger charge is -2.21. The van der Waals surface area contributed by atoms with Crippen LogP contribution in [0.15, 0.2) is 24.3 Å². The maximum atomic E-state index is 11.8. The molecule has 104 valence electrons. The lowest BCUT2D eigenvalue weighted by molar-refractivity contribution is -0.122. The second kappa shape index (κ2) is 6.92. The SMILES string of the molecule is CCCNC(=O)CN(Cc1ccc(Cl)cc1)C1CC1. The standard InChI is InChI=1S/C15H21ClN2O/c1-2-9-17-15(19)11-18(14-7-8-14)10-12-3-5-13(16)6-4-12/h3-6,14H,2,7-11H2,1H3,(H,17,19). The molecule has 3 nitrogen and oxygen atoms in total. The second-order valence-corrected chi connectivity index (χ2v) is 5.55. The van der Waals surface area contributed by atoms with E-state index in [1.807, 2.05) is 24.3 Å². The molecule has 0 aliphatic heterocycles. The highest BCUT2D eigenvalue weighted by atomic mass is 35.5. The first-order valence-electron chi connectivity index (χ1n) is 6.94. The fraction of sp³-hybridized carbons (Fsp3) is 0.533. The van der Waals surface area contributed by atoms with Gasteiger partial charge in [0, 0.05) is 24.2 Å². The summed E-state index contributed by atoms with van der Waals surface area (Å²) in [5, 5.41) is 3.69. The molecular weight excluding hydrogens is 260 g/mol. The van der Waals surface area contributed by atoms with Crippen LogP contribution in [0.2, 0.25) is 5.02 Å². The van der Waals surface area contributed by atoms with E-state index in [1.165, 1.54) is 18.4 Å². The summed E-state index contributed by atoms with van der Waals surface area (Å²) < 4.78 is 0. The van der Waals surface area contributed by atoms with E-state index in [2.05, 4.69) is 17.1 Å². The normalized spacial score (nSPS) is 14.7. The summed E-state index contributed by atoms with van der Waals surface area (Å²) in [6.07, 6.45) is 3.38. The maximum Gasteiger partial charge on any atom is 0.234 e. The van der Waals surface area contributed by atoms with Crippen molar-refractivity contribution >= 4 is 17.5 Å². The van der Waals surface area contributed by atoms with Gasteiger partial charge in [0.15, 0.2) is 0 Å². The van der Waals surface area contributed by atoms with Crippen LogP contribution < -0.4 is 5.32 Å². The number of carbonyl (C=O) groups is 1. The van der Waals surface area contributed by atoms with Crippen LogP contribution >= 0.6 is 11.6 Å². The van der Waals surface area contributed by atoms with Crippen molar-refractivity contribution < 1.29 is 4.79 Å². The van der Waals surface area contributed by atoms with Gasteiger partial charge in [-0.25, -0.2) is 0 Å². The third-order valence-corrected chi connectivity index (χ3v) is 3.53. The van der Waals surface area contributed by atoms with Crippen molar-refractivity contribution in [3.63, 3.8) is 0 Å². The van der Waals surface area contributed by atoms with Gasteiger partial charge in [-0.3, -0.25) is 9.69 Å². The van der Waals surface area contributed by atoms with Gasteiger partial charge in [0.2, 0.25) is 5.91 Å². The van der Waals surface area contributed by atoms with Crippen LogP contribution in [-0.2, 0) is 11.3 Å². The van der Waals surface area contributed by atoms with E-state index in [4.69, 9.17) is 11.6 Å². The Morgan fingerprint density at radius 1 is 1.37 bits per heavy atom. The summed E-state index contributed by atoms with van der Waals surface area (Å²) >= 11 is 5.89. The summed E-state index contributed by atoms with van der Waals surface area (Å²) in [4.78, 5) is 14.1. The maximum absolute atomic E-state index is 11.8. The van der Waals surface area contributed by atoms with E-state index >= 15 is 0 Å². The molecule has 1 fully saturated rings. The van der Waals surface area contributed by atoms with E-state index in [1.54, 1.807) is 0 Å². The van der Waals surface area contributed by atoms with Crippen LogP contribution in [0.5, 0.6) is 0 Å². The molecule has 2 rings (SSSR count). The van der Waals surface area contributed by atoms with Crippen LogP contribution in [0.1, 0.15) is 31.7 Å². The topological polar surface area (TPSA) is 32.3 Å². The van der Waals surface area contributed by atoms with Crippen molar-refractivity contribution in [3.8, 4) is 0 Å². The highest BCUT2D eigenvalue weighted by molar-refractivity contribution is 6.30. The minimum atomic E-state index is 0.128. The van der Waals surface area contributed by atoms with Gasteiger partial charge in [-0.1, -0.05) is 30.7 Å². The molecule has 1 aliphatic carbocycles. The zero-order valence-corrected chi connectivity index (χ0v) is 12.1. The first-order chi connectivity index (χ1) is 9.19. The highest BCUT2D eigenvalue weighted by Crippen LogP contribution is 2.28. The first-order valence-corrected chi connectivity index (χ1v) is 7.32. The molecule has 0 radical (unpaired) electrons. The van der Waals surface area contributed by atoms with E-state index in [0.717, 1.165) is 24.5 Å². The fourth-order valence-corrected chi connectivity index (χ4v) is 2.21. The molecule has 0 atom stereocenters. The van der Waals surface area contributed by atoms with Crippen LogP contribution in [0, 0.1) is 0 Å². The number of nitrogens with zero attached hydrogens (tertiary/aromatic N) is 1. The zero-order chi connectivity index (χ0) is 13.7. The van der Waals surface area contributed by atoms with E-state index in [9.17, 15) is 4.79 Å². The molecular formula is C15H21ClN2O. The van der Waals surface area contributed by atoms with Crippen LogP contribution in [-0.4, -0.2) is 29.9 Å². The van der Waals surface area contributed by atoms with Gasteiger partial charge in [-0.2, -0.15) is 0 Å². The number of hydrogen-bond acceptors (Lipinski definition) is 2. The number of benzene rings is 1. The third-order valence-electron chi connectivity index (χ3n) is 3.28. The number of rotatable bonds is 7. The molecule has 1 amide bonds. The number of nitrogens with one attached hydrogen (secondary N) is 1. The molecule has 1 N–H and O–H groups in total. The Labute approximate surface area is 119 Å². The molecule has 0 heterocycles. The Hall–Kier alpha value is -1.06. The number of halogens is 1. The van der Waals surface area contributed by atoms with Gasteiger partial charge in [-0.15, -0.1) is 0 Å². The van der Waals surface area contributed by atoms with E-state index in [-0.39, 0.29) is 5.91 Å². The van der Waals surface area contributed by atoms with Gasteiger partial charge < -0.3 is 5.32 Å². The van der Waals surface area contributed by atoms with Gasteiger partial charge in [-0.05, 0) is 37.0 Å². The molecule has 0 unspecified atom stereocenters. The lowest BCUT2D eigenvalue weighted by Crippen LogP contribution is -2.38. The molecule has 19 heavy (non-hydrogen) atoms. The van der Waals surface area contributed by atoms with Crippen LogP contribution in [0.3, 0.4) is 0 Å². The van der Waals surface area contributed by atoms with Crippen molar-refractivity contribution in [1.29, 1.82) is 0 Å². The fourth-order valence-electron chi connectivity index (χ4n) is 2.08. The number of hydrogen-bond donors (Lipinski definition) is 1. The smallest absolute Gasteiger partial charge is 0.234 e. The highest BCUT2D eigenvalue weighted by Gasteiger charge is 2.30. The van der Waals surface area contributed by atoms with Crippen molar-refractivity contribution in [2.75, 3.05) is 13.1 Å². The predicted octanol–water partition coefficient (Wildman–Crippen LogP) is 2.83. The molecule has 1 aliphatic rings. The zero-order valence-electron chi connectivity index (χ0n) is 11.4. The Kier molecular flexibility index (Phi) is 5.23. The van der Waals surface area contributed by atoms with Crippen molar-refractivity contribution in [2.24, 2.45) is 0 Å². The van der Waals surface area contributed by atoms with E-state index in [0.29, 0.717) is 12.6 Å². The van der Waals surface area contributed by atoms with Gasteiger partial charge in [0.25, 0.3) is 0 Å². The largest absolute Gasteiger partial charge is 0.355 e. The number of carbonyl (C=O) groups excluding carboxylic acids is 1. The Morgan fingerprint density at radius 2 is 2.05 bits per heavy atom. The molecule has 4 heteroatoms. The second-order valence-electron chi connectivity index (χ2n) is 5.11. The summed E-state index contributed by atoms with van der Waals surface area (Å²) in [6.45, 7) is 4.14. The molecule has 0 saturated heterocycles. The Balaban J connectivity index is 1.89. The monoisotopic (exact) mass is 280 g/mol. The first kappa shape index (κ1) is 14.4. The summed E-state index contributed by atoms with van der Waals surface area (Å²) in [5.41, 5.74) is 1.21. The molecule has 0 bridgehead atoms. The molecule has 1 aromatic carbocycles. The van der Waals surface area contributed by atoms with Crippen molar-refractivity contribution in [1.82, 2.24) is 10.2 Å². The molecule has 1 saturated carbocycles. The molecule has 1 aromatic rings. The average molecular weight is 281 g/mol. The summed E-state index contributed by atoms with van der Waals surface area (Å²) in [5.74, 6) is 0.128. The van der Waals surface area contributed by atoms with Crippen LogP contribution in [0.4, 0.5) is 0 Å². The Bertz CT molecular complexity index is 415.